The van der Waals surface area contributed by atoms with Crippen LogP contribution in [-0.2, 0) is 26.2 Å². The Morgan fingerprint density at radius 1 is 1.06 bits per heavy atom. The molecular formula is C26H37N3O5S. The molecule has 1 atom stereocenters. The van der Waals surface area contributed by atoms with Gasteiger partial charge in [0.2, 0.25) is 21.8 Å². The van der Waals surface area contributed by atoms with Crippen molar-refractivity contribution in [1.82, 2.24) is 10.2 Å². The standard InChI is InChI=1S/C26H37N3O5S/c1-8-34-23-12-10-9-11-22(23)29(35(7,32)33)18-24(30)28(17-21-15-13-19(2)14-16-21)20(3)25(31)27-26(4,5)6/h9-16,20H,8,17-18H2,1-7H3,(H,27,31)/t20-/m0/s1. The summed E-state index contributed by atoms with van der Waals surface area (Å²) in [5, 5.41) is 2.91. The predicted molar refractivity (Wildman–Crippen MR) is 139 cm³/mol. The van der Waals surface area contributed by atoms with Crippen LogP contribution in [0, 0.1) is 6.92 Å². The fraction of sp³-hybridized carbons (Fsp3) is 0.462. The molecule has 8 nitrogen and oxygen atoms in total. The van der Waals surface area contributed by atoms with Crippen LogP contribution in [0.25, 0.3) is 0 Å². The normalized spacial score (nSPS) is 12.5. The van der Waals surface area contributed by atoms with Crippen molar-refractivity contribution >= 4 is 27.5 Å². The molecule has 192 valence electrons. The first kappa shape index (κ1) is 28.2. The molecule has 0 aliphatic heterocycles. The van der Waals surface area contributed by atoms with Gasteiger partial charge in [0.05, 0.1) is 18.6 Å². The Morgan fingerprint density at radius 3 is 2.20 bits per heavy atom. The van der Waals surface area contributed by atoms with E-state index in [1.165, 1.54) is 4.90 Å². The number of carbonyl (C=O) groups excluding carboxylic acids is 2. The van der Waals surface area contributed by atoms with E-state index < -0.39 is 34.1 Å². The highest BCUT2D eigenvalue weighted by atomic mass is 32.2. The molecule has 0 unspecified atom stereocenters. The van der Waals surface area contributed by atoms with Gasteiger partial charge < -0.3 is 15.0 Å². The second-order valence-electron chi connectivity index (χ2n) is 9.59. The molecule has 0 radical (unpaired) electrons. The van der Waals surface area contributed by atoms with Gasteiger partial charge in [-0.3, -0.25) is 13.9 Å². The Morgan fingerprint density at radius 2 is 1.66 bits per heavy atom. The number of nitrogens with one attached hydrogen (secondary N) is 1. The minimum Gasteiger partial charge on any atom is -0.492 e. The number of aryl methyl sites for hydroxylation is 1. The first-order valence-corrected chi connectivity index (χ1v) is 13.4. The first-order valence-electron chi connectivity index (χ1n) is 11.6. The average Bonchev–Trinajstić information content (AvgIpc) is 2.75. The Balaban J connectivity index is 2.44. The lowest BCUT2D eigenvalue weighted by molar-refractivity contribution is -0.140. The molecular weight excluding hydrogens is 466 g/mol. The third kappa shape index (κ3) is 8.28. The molecule has 0 saturated heterocycles. The maximum absolute atomic E-state index is 13.6. The highest BCUT2D eigenvalue weighted by Gasteiger charge is 2.32. The molecule has 0 heterocycles. The third-order valence-corrected chi connectivity index (χ3v) is 6.38. The third-order valence-electron chi connectivity index (χ3n) is 5.25. The van der Waals surface area contributed by atoms with E-state index in [1.807, 2.05) is 52.0 Å². The van der Waals surface area contributed by atoms with Gasteiger partial charge in [-0.1, -0.05) is 42.0 Å². The molecule has 0 fully saturated rings. The quantitative estimate of drug-likeness (QED) is 0.535. The SMILES string of the molecule is CCOc1ccccc1N(CC(=O)N(Cc1ccc(C)cc1)[C@@H](C)C(=O)NC(C)(C)C)S(C)(=O)=O. The molecule has 0 aliphatic carbocycles. The van der Waals surface area contributed by atoms with Crippen LogP contribution in [0.1, 0.15) is 45.7 Å². The van der Waals surface area contributed by atoms with Gasteiger partial charge in [0.25, 0.3) is 0 Å². The van der Waals surface area contributed by atoms with E-state index in [9.17, 15) is 18.0 Å². The van der Waals surface area contributed by atoms with Crippen molar-refractivity contribution in [1.29, 1.82) is 0 Å². The zero-order chi connectivity index (χ0) is 26.4. The van der Waals surface area contributed by atoms with Crippen LogP contribution in [0.3, 0.4) is 0 Å². The maximum atomic E-state index is 13.6. The van der Waals surface area contributed by atoms with E-state index >= 15 is 0 Å². The van der Waals surface area contributed by atoms with Crippen molar-refractivity contribution in [2.24, 2.45) is 0 Å². The number of sulfonamides is 1. The molecule has 0 spiro atoms. The number of hydrogen-bond acceptors (Lipinski definition) is 5. The van der Waals surface area contributed by atoms with Crippen molar-refractivity contribution in [3.05, 3.63) is 59.7 Å². The number of nitrogens with zero attached hydrogens (tertiary/aromatic N) is 2. The highest BCUT2D eigenvalue weighted by molar-refractivity contribution is 7.92. The van der Waals surface area contributed by atoms with E-state index in [0.717, 1.165) is 21.7 Å². The molecule has 0 aromatic heterocycles. The van der Waals surface area contributed by atoms with Crippen LogP contribution >= 0.6 is 0 Å². The van der Waals surface area contributed by atoms with Crippen LogP contribution < -0.4 is 14.4 Å². The Bertz CT molecular complexity index is 1120. The lowest BCUT2D eigenvalue weighted by atomic mass is 10.1. The van der Waals surface area contributed by atoms with Crippen molar-refractivity contribution in [2.45, 2.75) is 59.7 Å². The van der Waals surface area contributed by atoms with Gasteiger partial charge in [-0.15, -0.1) is 0 Å². The van der Waals surface area contributed by atoms with Crippen molar-refractivity contribution in [3.8, 4) is 5.75 Å². The number of anilines is 1. The molecule has 2 aromatic carbocycles. The topological polar surface area (TPSA) is 96.0 Å². The second-order valence-corrected chi connectivity index (χ2v) is 11.5. The zero-order valence-corrected chi connectivity index (χ0v) is 22.5. The largest absolute Gasteiger partial charge is 0.492 e. The van der Waals surface area contributed by atoms with E-state index in [2.05, 4.69) is 5.32 Å². The Hall–Kier alpha value is -3.07. The summed E-state index contributed by atoms with van der Waals surface area (Å²) < 4.78 is 32.1. The van der Waals surface area contributed by atoms with E-state index in [1.54, 1.807) is 38.1 Å². The number of hydrogen-bond donors (Lipinski definition) is 1. The summed E-state index contributed by atoms with van der Waals surface area (Å²) in [5.41, 5.74) is 1.69. The molecule has 1 N–H and O–H groups in total. The van der Waals surface area contributed by atoms with Gasteiger partial charge >= 0.3 is 0 Å². The van der Waals surface area contributed by atoms with Gasteiger partial charge in [0.1, 0.15) is 18.3 Å². The summed E-state index contributed by atoms with van der Waals surface area (Å²) >= 11 is 0. The number of carbonyl (C=O) groups is 2. The maximum Gasteiger partial charge on any atom is 0.244 e. The summed E-state index contributed by atoms with van der Waals surface area (Å²) in [6.45, 7) is 11.0. The van der Waals surface area contributed by atoms with E-state index in [-0.39, 0.29) is 18.1 Å². The Kier molecular flexibility index (Phi) is 9.31. The molecule has 2 amide bonds. The fourth-order valence-electron chi connectivity index (χ4n) is 3.48. The molecule has 2 aromatic rings. The monoisotopic (exact) mass is 503 g/mol. The van der Waals surface area contributed by atoms with Crippen LogP contribution in [0.4, 0.5) is 5.69 Å². The Labute approximate surface area is 209 Å². The van der Waals surface area contributed by atoms with Crippen LogP contribution in [-0.4, -0.2) is 56.1 Å². The van der Waals surface area contributed by atoms with Gasteiger partial charge in [0, 0.05) is 12.1 Å². The minimum absolute atomic E-state index is 0.155. The second kappa shape index (κ2) is 11.6. The predicted octanol–water partition coefficient (Wildman–Crippen LogP) is 3.49. The summed E-state index contributed by atoms with van der Waals surface area (Å²) in [6, 6.07) is 13.5. The molecule has 0 saturated carbocycles. The van der Waals surface area contributed by atoms with Crippen molar-refractivity contribution in [2.75, 3.05) is 23.7 Å². The van der Waals surface area contributed by atoms with E-state index in [0.29, 0.717) is 12.4 Å². The summed E-state index contributed by atoms with van der Waals surface area (Å²) in [6.07, 6.45) is 1.04. The van der Waals surface area contributed by atoms with Crippen molar-refractivity contribution < 1.29 is 22.7 Å². The average molecular weight is 504 g/mol. The number of ether oxygens (including phenoxy) is 1. The lowest BCUT2D eigenvalue weighted by Crippen LogP contribution is -2.54. The number of benzene rings is 2. The number of para-hydroxylation sites is 2. The smallest absolute Gasteiger partial charge is 0.244 e. The fourth-order valence-corrected chi connectivity index (χ4v) is 4.34. The van der Waals surface area contributed by atoms with Gasteiger partial charge in [0.15, 0.2) is 0 Å². The zero-order valence-electron chi connectivity index (χ0n) is 21.7. The summed E-state index contributed by atoms with van der Waals surface area (Å²) in [4.78, 5) is 28.0. The van der Waals surface area contributed by atoms with Crippen LogP contribution in [0.5, 0.6) is 5.75 Å². The van der Waals surface area contributed by atoms with Crippen LogP contribution in [0.15, 0.2) is 48.5 Å². The molecule has 2 rings (SSSR count). The number of rotatable bonds is 10. The van der Waals surface area contributed by atoms with Crippen LogP contribution in [0.2, 0.25) is 0 Å². The molecule has 0 bridgehead atoms. The van der Waals surface area contributed by atoms with Crippen molar-refractivity contribution in [3.63, 3.8) is 0 Å². The van der Waals surface area contributed by atoms with E-state index in [4.69, 9.17) is 4.74 Å². The van der Waals surface area contributed by atoms with Gasteiger partial charge in [-0.25, -0.2) is 8.42 Å². The first-order chi connectivity index (χ1) is 16.2. The molecule has 9 heteroatoms. The van der Waals surface area contributed by atoms with Gasteiger partial charge in [-0.05, 0) is 59.2 Å². The summed E-state index contributed by atoms with van der Waals surface area (Å²) in [5.74, 6) is -0.464. The summed E-state index contributed by atoms with van der Waals surface area (Å²) in [7, 11) is -3.84. The number of amides is 2. The molecule has 0 aliphatic rings. The minimum atomic E-state index is -3.84. The molecule has 35 heavy (non-hydrogen) atoms. The van der Waals surface area contributed by atoms with Gasteiger partial charge in [-0.2, -0.15) is 0 Å². The lowest BCUT2D eigenvalue weighted by Gasteiger charge is -2.33. The highest BCUT2D eigenvalue weighted by Crippen LogP contribution is 2.30.